The van der Waals surface area contributed by atoms with E-state index in [1.165, 1.54) is 23.1 Å². The van der Waals surface area contributed by atoms with E-state index in [1.807, 2.05) is 6.92 Å². The summed E-state index contributed by atoms with van der Waals surface area (Å²) in [6.07, 6.45) is 6.79. The van der Waals surface area contributed by atoms with Gasteiger partial charge in [-0.3, -0.25) is 19.6 Å². The first-order valence-electron chi connectivity index (χ1n) is 9.09. The Bertz CT molecular complexity index is 661. The average Bonchev–Trinajstić information content (AvgIpc) is 3.23. The summed E-state index contributed by atoms with van der Waals surface area (Å²) in [6.45, 7) is 5.99. The molecule has 0 bridgehead atoms. The summed E-state index contributed by atoms with van der Waals surface area (Å²) in [5.41, 5.74) is 0.748. The Kier molecular flexibility index (Phi) is 7.29. The summed E-state index contributed by atoms with van der Waals surface area (Å²) in [5.74, 6) is -1.70. The van der Waals surface area contributed by atoms with Crippen molar-refractivity contribution in [3.8, 4) is 0 Å². The molecule has 148 valence electrons. The summed E-state index contributed by atoms with van der Waals surface area (Å²) in [7, 11) is 0. The first-order valence-corrected chi connectivity index (χ1v) is 9.09. The maximum Gasteiger partial charge on any atom is 0.243 e. The largest absolute Gasteiger partial charge is 0.344 e. The van der Waals surface area contributed by atoms with Crippen molar-refractivity contribution in [2.45, 2.75) is 44.7 Å². The number of nitrogens with zero attached hydrogens (tertiary/aromatic N) is 2. The molecular formula is C19H26FN3O4. The van der Waals surface area contributed by atoms with Gasteiger partial charge in [-0.05, 0) is 25.0 Å². The van der Waals surface area contributed by atoms with Crippen LogP contribution in [-0.4, -0.2) is 58.6 Å². The zero-order valence-corrected chi connectivity index (χ0v) is 15.4. The minimum atomic E-state index is -0.733. The predicted octanol–water partition coefficient (Wildman–Crippen LogP) is 1.71. The highest BCUT2D eigenvalue weighted by Gasteiger charge is 2.39. The van der Waals surface area contributed by atoms with Gasteiger partial charge in [0.05, 0.1) is 18.5 Å². The van der Waals surface area contributed by atoms with Gasteiger partial charge in [0.1, 0.15) is 11.9 Å². The Balaban J connectivity index is 2.10. The second kappa shape index (κ2) is 9.45. The van der Waals surface area contributed by atoms with Crippen LogP contribution in [0.5, 0.6) is 0 Å². The lowest BCUT2D eigenvalue weighted by molar-refractivity contribution is -0.158. The molecule has 2 N–H and O–H groups in total. The van der Waals surface area contributed by atoms with E-state index in [4.69, 9.17) is 0 Å². The van der Waals surface area contributed by atoms with Crippen LogP contribution in [0.1, 0.15) is 32.6 Å². The highest BCUT2D eigenvalue weighted by Crippen LogP contribution is 2.26. The molecule has 1 saturated heterocycles. The number of halogens is 1. The van der Waals surface area contributed by atoms with Gasteiger partial charge in [-0.1, -0.05) is 38.0 Å². The summed E-state index contributed by atoms with van der Waals surface area (Å²) in [6, 6.07) is -1.27. The molecule has 3 amide bonds. The molecule has 0 aromatic rings. The van der Waals surface area contributed by atoms with Crippen LogP contribution in [0.15, 0.2) is 36.2 Å². The lowest BCUT2D eigenvalue weighted by Gasteiger charge is -2.29. The van der Waals surface area contributed by atoms with Crippen molar-refractivity contribution in [2.24, 2.45) is 5.92 Å². The zero-order valence-electron chi connectivity index (χ0n) is 15.4. The molecule has 8 heteroatoms. The Hall–Kier alpha value is -2.48. The number of hydrogen-bond donors (Lipinski definition) is 2. The second-order valence-corrected chi connectivity index (χ2v) is 6.95. The molecule has 27 heavy (non-hydrogen) atoms. The van der Waals surface area contributed by atoms with Crippen molar-refractivity contribution >= 4 is 18.2 Å². The highest BCUT2D eigenvalue weighted by molar-refractivity contribution is 5.90. The van der Waals surface area contributed by atoms with Crippen LogP contribution in [0.4, 0.5) is 4.39 Å². The van der Waals surface area contributed by atoms with Gasteiger partial charge >= 0.3 is 0 Å². The highest BCUT2D eigenvalue weighted by atomic mass is 19.1. The lowest BCUT2D eigenvalue weighted by Crippen LogP contribution is -2.50. The van der Waals surface area contributed by atoms with Crippen LogP contribution < -0.4 is 5.32 Å². The molecule has 1 aliphatic heterocycles. The number of likely N-dealkylation sites (tertiary alicyclic amines) is 1. The summed E-state index contributed by atoms with van der Waals surface area (Å²) in [5, 5.41) is 12.7. The number of allylic oxidation sites excluding steroid dienone is 2. The Morgan fingerprint density at radius 2 is 2.30 bits per heavy atom. The monoisotopic (exact) mass is 379 g/mol. The van der Waals surface area contributed by atoms with Crippen molar-refractivity contribution in [2.75, 3.05) is 13.1 Å². The molecule has 3 atom stereocenters. The fourth-order valence-corrected chi connectivity index (χ4v) is 3.34. The molecular weight excluding hydrogens is 353 g/mol. The number of amides is 3. The van der Waals surface area contributed by atoms with Crippen LogP contribution in [0.2, 0.25) is 0 Å². The van der Waals surface area contributed by atoms with E-state index >= 15 is 0 Å². The van der Waals surface area contributed by atoms with E-state index in [1.54, 1.807) is 0 Å². The number of unbranched alkanes of at least 4 members (excludes halogenated alkanes) is 1. The maximum absolute atomic E-state index is 13.1. The zero-order chi connectivity index (χ0) is 20.0. The summed E-state index contributed by atoms with van der Waals surface area (Å²) >= 11 is 0. The van der Waals surface area contributed by atoms with E-state index in [2.05, 4.69) is 11.9 Å². The van der Waals surface area contributed by atoms with Gasteiger partial charge in [-0.2, -0.15) is 0 Å². The van der Waals surface area contributed by atoms with E-state index in [0.717, 1.165) is 18.4 Å². The van der Waals surface area contributed by atoms with Crippen molar-refractivity contribution in [3.05, 3.63) is 36.2 Å². The topological polar surface area (TPSA) is 90.0 Å². The molecule has 2 aliphatic rings. The van der Waals surface area contributed by atoms with Crippen molar-refractivity contribution < 1.29 is 24.0 Å². The first-order chi connectivity index (χ1) is 12.8. The molecule has 0 aromatic heterocycles. The van der Waals surface area contributed by atoms with Crippen molar-refractivity contribution in [1.82, 2.24) is 15.3 Å². The SMILES string of the molecule is C=C1CC(C(=O)NC2C=CC(F)=C2)N(C(=O)[C@H](CCCC)CN(O)C=O)C1. The fourth-order valence-electron chi connectivity index (χ4n) is 3.34. The number of nitrogens with one attached hydrogen (secondary N) is 1. The van der Waals surface area contributed by atoms with Crippen LogP contribution >= 0.6 is 0 Å². The van der Waals surface area contributed by atoms with E-state index < -0.39 is 23.8 Å². The molecule has 1 aliphatic carbocycles. The summed E-state index contributed by atoms with van der Waals surface area (Å²) < 4.78 is 13.1. The number of hydrogen-bond acceptors (Lipinski definition) is 4. The van der Waals surface area contributed by atoms with Gasteiger partial charge in [-0.25, -0.2) is 9.45 Å². The smallest absolute Gasteiger partial charge is 0.243 e. The first kappa shape index (κ1) is 20.8. The molecule has 2 unspecified atom stereocenters. The van der Waals surface area contributed by atoms with Gasteiger partial charge in [0.25, 0.3) is 0 Å². The number of rotatable bonds is 9. The Labute approximate surface area is 158 Å². The van der Waals surface area contributed by atoms with E-state index in [9.17, 15) is 24.0 Å². The predicted molar refractivity (Wildman–Crippen MR) is 97.1 cm³/mol. The Morgan fingerprint density at radius 1 is 1.56 bits per heavy atom. The number of hydroxylamine groups is 2. The molecule has 0 saturated carbocycles. The van der Waals surface area contributed by atoms with Crippen LogP contribution in [-0.2, 0) is 14.4 Å². The second-order valence-electron chi connectivity index (χ2n) is 6.95. The molecule has 0 aromatic carbocycles. The van der Waals surface area contributed by atoms with Gasteiger partial charge < -0.3 is 10.2 Å². The molecule has 7 nitrogen and oxygen atoms in total. The number of carbonyl (C=O) groups is 3. The van der Waals surface area contributed by atoms with E-state index in [-0.39, 0.29) is 31.3 Å². The molecule has 0 spiro atoms. The fraction of sp³-hybridized carbons (Fsp3) is 0.526. The maximum atomic E-state index is 13.1. The Morgan fingerprint density at radius 3 is 2.89 bits per heavy atom. The van der Waals surface area contributed by atoms with Crippen LogP contribution in [0.25, 0.3) is 0 Å². The molecule has 1 heterocycles. The van der Waals surface area contributed by atoms with Gasteiger partial charge in [0.2, 0.25) is 18.2 Å². The molecule has 2 rings (SSSR count). The minimum Gasteiger partial charge on any atom is -0.344 e. The standard InChI is InChI=1S/C19H26FN3O4/c1-3-4-5-14(11-22(27)12-24)19(26)23-10-13(2)8-17(23)18(25)21-16-7-6-15(20)9-16/h6-7,9,12,14,16-17,27H,2-5,8,10-11H2,1H3,(H,21,25)/t14-,16?,17?/m1/s1. The van der Waals surface area contributed by atoms with E-state index in [0.29, 0.717) is 17.9 Å². The lowest BCUT2D eigenvalue weighted by atomic mass is 9.99. The third kappa shape index (κ3) is 5.50. The quantitative estimate of drug-likeness (QED) is 0.276. The molecule has 1 fully saturated rings. The van der Waals surface area contributed by atoms with Crippen molar-refractivity contribution in [1.29, 1.82) is 0 Å². The third-order valence-corrected chi connectivity index (χ3v) is 4.73. The molecule has 0 radical (unpaired) electrons. The van der Waals surface area contributed by atoms with Crippen molar-refractivity contribution in [3.63, 3.8) is 0 Å². The van der Waals surface area contributed by atoms with Crippen LogP contribution in [0, 0.1) is 5.92 Å². The van der Waals surface area contributed by atoms with Gasteiger partial charge in [0, 0.05) is 6.54 Å². The van der Waals surface area contributed by atoms with Crippen LogP contribution in [0.3, 0.4) is 0 Å². The van der Waals surface area contributed by atoms with Gasteiger partial charge in [-0.15, -0.1) is 0 Å². The normalized spacial score (nSPS) is 22.6. The minimum absolute atomic E-state index is 0.126. The van der Waals surface area contributed by atoms with Gasteiger partial charge in [0.15, 0.2) is 0 Å². The number of carbonyl (C=O) groups excluding carboxylic acids is 3. The third-order valence-electron chi connectivity index (χ3n) is 4.73. The summed E-state index contributed by atoms with van der Waals surface area (Å²) in [4.78, 5) is 37.8. The average molecular weight is 379 g/mol.